The lowest BCUT2D eigenvalue weighted by Gasteiger charge is -2.11. The molecule has 0 fully saturated rings. The van der Waals surface area contributed by atoms with Gasteiger partial charge in [0.25, 0.3) is 5.91 Å². The van der Waals surface area contributed by atoms with Crippen LogP contribution >= 0.6 is 23.2 Å². The van der Waals surface area contributed by atoms with Gasteiger partial charge in [0.2, 0.25) is 0 Å². The maximum Gasteiger partial charge on any atom is 0.255 e. The van der Waals surface area contributed by atoms with Crippen LogP contribution < -0.4 is 5.32 Å². The SMILES string of the molecule is O=C(Nc1ccc(Cl)cc1C(=O)c1cn[nH]c1)c1cccc(CCl)c1. The highest BCUT2D eigenvalue weighted by Gasteiger charge is 2.17. The van der Waals surface area contributed by atoms with Crippen molar-refractivity contribution in [1.82, 2.24) is 10.2 Å². The number of nitrogens with zero attached hydrogens (tertiary/aromatic N) is 1. The van der Waals surface area contributed by atoms with Crippen molar-refractivity contribution < 1.29 is 9.59 Å². The number of carbonyl (C=O) groups is 2. The number of carbonyl (C=O) groups excluding carboxylic acids is 2. The van der Waals surface area contributed by atoms with Crippen molar-refractivity contribution >= 4 is 40.6 Å². The summed E-state index contributed by atoms with van der Waals surface area (Å²) in [5.41, 5.74) is 2.32. The van der Waals surface area contributed by atoms with E-state index >= 15 is 0 Å². The van der Waals surface area contributed by atoms with Crippen LogP contribution in [0.1, 0.15) is 31.8 Å². The maximum absolute atomic E-state index is 12.6. The predicted molar refractivity (Wildman–Crippen MR) is 97.4 cm³/mol. The maximum atomic E-state index is 12.6. The molecule has 3 aromatic rings. The summed E-state index contributed by atoms with van der Waals surface area (Å²) in [7, 11) is 0. The first-order valence-electron chi connectivity index (χ1n) is 7.38. The Hall–Kier alpha value is -2.63. The second-order valence-electron chi connectivity index (χ2n) is 5.29. The summed E-state index contributed by atoms with van der Waals surface area (Å²) in [5.74, 6) is -0.316. The number of benzene rings is 2. The summed E-state index contributed by atoms with van der Waals surface area (Å²) >= 11 is 11.8. The standard InChI is InChI=1S/C18H13Cl2N3O2/c19-8-11-2-1-3-12(6-11)18(25)23-16-5-4-14(20)7-15(16)17(24)13-9-21-22-10-13/h1-7,9-10H,8H2,(H,21,22)(H,23,25). The van der Waals surface area contributed by atoms with E-state index in [0.717, 1.165) is 5.56 Å². The summed E-state index contributed by atoms with van der Waals surface area (Å²) in [6, 6.07) is 11.7. The van der Waals surface area contributed by atoms with E-state index in [-0.39, 0.29) is 17.3 Å². The van der Waals surface area contributed by atoms with Crippen molar-refractivity contribution in [2.45, 2.75) is 5.88 Å². The smallest absolute Gasteiger partial charge is 0.255 e. The molecule has 7 heteroatoms. The molecule has 1 amide bonds. The number of ketones is 1. The number of alkyl halides is 1. The van der Waals surface area contributed by atoms with E-state index in [4.69, 9.17) is 23.2 Å². The average Bonchev–Trinajstić information content (AvgIpc) is 3.17. The Labute approximate surface area is 154 Å². The molecule has 1 heterocycles. The molecule has 2 aromatic carbocycles. The highest BCUT2D eigenvalue weighted by atomic mass is 35.5. The predicted octanol–water partition coefficient (Wildman–Crippen LogP) is 4.29. The number of aromatic amines is 1. The van der Waals surface area contributed by atoms with Crippen LogP contribution in [0.4, 0.5) is 5.69 Å². The number of aromatic nitrogens is 2. The highest BCUT2D eigenvalue weighted by Crippen LogP contribution is 2.24. The second kappa shape index (κ2) is 7.51. The zero-order chi connectivity index (χ0) is 17.8. The minimum Gasteiger partial charge on any atom is -0.321 e. The Kier molecular flexibility index (Phi) is 5.16. The van der Waals surface area contributed by atoms with E-state index in [0.29, 0.717) is 27.7 Å². The molecular weight excluding hydrogens is 361 g/mol. The normalized spacial score (nSPS) is 10.5. The lowest BCUT2D eigenvalue weighted by atomic mass is 10.0. The summed E-state index contributed by atoms with van der Waals surface area (Å²) in [5, 5.41) is 9.51. The molecule has 1 aromatic heterocycles. The lowest BCUT2D eigenvalue weighted by molar-refractivity contribution is 0.102. The third-order valence-electron chi connectivity index (χ3n) is 3.58. The summed E-state index contributed by atoms with van der Waals surface area (Å²) in [6.07, 6.45) is 2.90. The lowest BCUT2D eigenvalue weighted by Crippen LogP contribution is -2.15. The highest BCUT2D eigenvalue weighted by molar-refractivity contribution is 6.31. The molecule has 3 rings (SSSR count). The van der Waals surface area contributed by atoms with Gasteiger partial charge in [-0.15, -0.1) is 11.6 Å². The van der Waals surface area contributed by atoms with Gasteiger partial charge in [0.05, 0.1) is 17.4 Å². The fourth-order valence-corrected chi connectivity index (χ4v) is 2.67. The summed E-state index contributed by atoms with van der Waals surface area (Å²) in [6.45, 7) is 0. The van der Waals surface area contributed by atoms with Crippen molar-refractivity contribution in [3.05, 3.63) is 82.1 Å². The van der Waals surface area contributed by atoms with Gasteiger partial charge in [-0.05, 0) is 35.9 Å². The van der Waals surface area contributed by atoms with E-state index in [1.54, 1.807) is 30.3 Å². The van der Waals surface area contributed by atoms with E-state index in [1.807, 2.05) is 6.07 Å². The van der Waals surface area contributed by atoms with Gasteiger partial charge in [-0.1, -0.05) is 23.7 Å². The Morgan fingerprint density at radius 1 is 1.12 bits per heavy atom. The second-order valence-corrected chi connectivity index (χ2v) is 6.00. The summed E-state index contributed by atoms with van der Waals surface area (Å²) in [4.78, 5) is 25.1. The van der Waals surface area contributed by atoms with Gasteiger partial charge in [-0.3, -0.25) is 14.7 Å². The number of anilines is 1. The third kappa shape index (κ3) is 3.90. The Balaban J connectivity index is 1.92. The van der Waals surface area contributed by atoms with Crippen LogP contribution in [0.25, 0.3) is 0 Å². The molecule has 0 unspecified atom stereocenters. The third-order valence-corrected chi connectivity index (χ3v) is 4.12. The molecular formula is C18H13Cl2N3O2. The van der Waals surface area contributed by atoms with E-state index in [2.05, 4.69) is 15.5 Å². The van der Waals surface area contributed by atoms with Crippen LogP contribution in [0.15, 0.2) is 54.9 Å². The molecule has 0 saturated carbocycles. The minimum absolute atomic E-state index is 0.288. The average molecular weight is 374 g/mol. The zero-order valence-corrected chi connectivity index (χ0v) is 14.4. The van der Waals surface area contributed by atoms with E-state index in [9.17, 15) is 9.59 Å². The number of rotatable bonds is 5. The fraction of sp³-hybridized carbons (Fsp3) is 0.0556. The number of halogens is 2. The van der Waals surface area contributed by atoms with Gasteiger partial charge in [0.1, 0.15) is 0 Å². The quantitative estimate of drug-likeness (QED) is 0.517. The first-order valence-corrected chi connectivity index (χ1v) is 8.29. The van der Waals surface area contributed by atoms with Crippen LogP contribution in [-0.4, -0.2) is 21.9 Å². The molecule has 5 nitrogen and oxygen atoms in total. The van der Waals surface area contributed by atoms with Gasteiger partial charge >= 0.3 is 0 Å². The Morgan fingerprint density at radius 2 is 1.96 bits per heavy atom. The van der Waals surface area contributed by atoms with Crippen LogP contribution in [0.2, 0.25) is 5.02 Å². The topological polar surface area (TPSA) is 74.8 Å². The number of nitrogens with one attached hydrogen (secondary N) is 2. The monoisotopic (exact) mass is 373 g/mol. The van der Waals surface area contributed by atoms with Gasteiger partial charge in [-0.25, -0.2) is 0 Å². The van der Waals surface area contributed by atoms with Gasteiger partial charge in [0.15, 0.2) is 5.78 Å². The molecule has 0 aliphatic carbocycles. The molecule has 0 spiro atoms. The molecule has 0 atom stereocenters. The first-order chi connectivity index (χ1) is 12.1. The number of hydrogen-bond acceptors (Lipinski definition) is 3. The van der Waals surface area contributed by atoms with Gasteiger partial charge < -0.3 is 5.32 Å². The van der Waals surface area contributed by atoms with Gasteiger partial charge in [0, 0.05) is 28.2 Å². The van der Waals surface area contributed by atoms with Gasteiger partial charge in [-0.2, -0.15) is 5.10 Å². The van der Waals surface area contributed by atoms with Crippen LogP contribution in [0.5, 0.6) is 0 Å². The molecule has 0 aliphatic rings. The molecule has 2 N–H and O–H groups in total. The zero-order valence-electron chi connectivity index (χ0n) is 12.9. The summed E-state index contributed by atoms with van der Waals surface area (Å²) < 4.78 is 0. The largest absolute Gasteiger partial charge is 0.321 e. The van der Waals surface area contributed by atoms with Crippen molar-refractivity contribution in [3.63, 3.8) is 0 Å². The van der Waals surface area contributed by atoms with Crippen molar-refractivity contribution in [3.8, 4) is 0 Å². The molecule has 0 aliphatic heterocycles. The first kappa shape index (κ1) is 17.2. The molecule has 25 heavy (non-hydrogen) atoms. The Morgan fingerprint density at radius 3 is 2.68 bits per heavy atom. The molecule has 0 bridgehead atoms. The number of hydrogen-bond donors (Lipinski definition) is 2. The number of amides is 1. The molecule has 0 saturated heterocycles. The fourth-order valence-electron chi connectivity index (χ4n) is 2.33. The van der Waals surface area contributed by atoms with Crippen LogP contribution in [0.3, 0.4) is 0 Å². The van der Waals surface area contributed by atoms with Crippen LogP contribution in [0, 0.1) is 0 Å². The van der Waals surface area contributed by atoms with Crippen molar-refractivity contribution in [1.29, 1.82) is 0 Å². The molecule has 0 radical (unpaired) electrons. The van der Waals surface area contributed by atoms with E-state index < -0.39 is 0 Å². The van der Waals surface area contributed by atoms with E-state index in [1.165, 1.54) is 18.5 Å². The van der Waals surface area contributed by atoms with Crippen LogP contribution in [-0.2, 0) is 5.88 Å². The molecule has 126 valence electrons. The van der Waals surface area contributed by atoms with Crippen molar-refractivity contribution in [2.75, 3.05) is 5.32 Å². The minimum atomic E-state index is -0.337. The van der Waals surface area contributed by atoms with Crippen molar-refractivity contribution in [2.24, 2.45) is 0 Å². The Bertz CT molecular complexity index is 924. The number of H-pyrrole nitrogens is 1.